The molecule has 3 rings (SSSR count). The van der Waals surface area contributed by atoms with E-state index in [-0.39, 0.29) is 11.8 Å². The van der Waals surface area contributed by atoms with E-state index in [4.69, 9.17) is 11.6 Å². The maximum Gasteiger partial charge on any atom is 0.253 e. The van der Waals surface area contributed by atoms with Gasteiger partial charge in [-0.05, 0) is 25.1 Å². The van der Waals surface area contributed by atoms with Crippen LogP contribution in [0.4, 0.5) is 5.95 Å². The first-order valence-corrected chi connectivity index (χ1v) is 8.80. The number of halogens is 1. The summed E-state index contributed by atoms with van der Waals surface area (Å²) in [6.07, 6.45) is 3.40. The first kappa shape index (κ1) is 18.1. The molecule has 2 aromatic rings. The number of nitrogens with one attached hydrogen (secondary N) is 1. The smallest absolute Gasteiger partial charge is 0.253 e. The molecule has 0 bridgehead atoms. The van der Waals surface area contributed by atoms with Crippen molar-refractivity contribution in [2.24, 2.45) is 0 Å². The second-order valence-electron chi connectivity index (χ2n) is 6.04. The Labute approximate surface area is 157 Å². The van der Waals surface area contributed by atoms with Crippen molar-refractivity contribution in [3.8, 4) is 0 Å². The second-order valence-corrected chi connectivity index (χ2v) is 6.44. The molecular weight excluding hydrogens is 354 g/mol. The maximum atomic E-state index is 12.6. The molecule has 0 aliphatic carbocycles. The maximum absolute atomic E-state index is 12.6. The third-order valence-electron chi connectivity index (χ3n) is 4.26. The number of amides is 2. The average molecular weight is 374 g/mol. The summed E-state index contributed by atoms with van der Waals surface area (Å²) < 4.78 is 0. The van der Waals surface area contributed by atoms with Crippen LogP contribution in [0, 0.1) is 0 Å². The highest BCUT2D eigenvalue weighted by molar-refractivity contribution is 6.33. The van der Waals surface area contributed by atoms with Crippen molar-refractivity contribution in [1.29, 1.82) is 0 Å². The lowest BCUT2D eigenvalue weighted by atomic mass is 10.2. The molecule has 0 spiro atoms. The van der Waals surface area contributed by atoms with E-state index in [0.717, 1.165) is 0 Å². The molecular formula is C18H20ClN5O2. The quantitative estimate of drug-likeness (QED) is 0.880. The fourth-order valence-corrected chi connectivity index (χ4v) is 3.06. The van der Waals surface area contributed by atoms with Gasteiger partial charge in [-0.2, -0.15) is 0 Å². The van der Waals surface area contributed by atoms with E-state index in [9.17, 15) is 9.59 Å². The molecule has 1 aliphatic heterocycles. The molecule has 1 aromatic heterocycles. The van der Waals surface area contributed by atoms with Gasteiger partial charge < -0.3 is 15.1 Å². The predicted molar refractivity (Wildman–Crippen MR) is 99.2 cm³/mol. The number of piperazine rings is 1. The summed E-state index contributed by atoms with van der Waals surface area (Å²) in [4.78, 5) is 37.2. The molecule has 1 N–H and O–H groups in total. The second kappa shape index (κ2) is 8.14. The molecule has 26 heavy (non-hydrogen) atoms. The largest absolute Gasteiger partial charge is 0.340 e. The summed E-state index contributed by atoms with van der Waals surface area (Å²) >= 11 is 6.03. The lowest BCUT2D eigenvalue weighted by Gasteiger charge is -2.35. The van der Waals surface area contributed by atoms with E-state index in [1.807, 2.05) is 4.90 Å². The van der Waals surface area contributed by atoms with Crippen LogP contribution < -0.4 is 10.2 Å². The van der Waals surface area contributed by atoms with E-state index >= 15 is 0 Å². The SMILES string of the molecule is C[C@@H](NC(=O)c1ccccc1Cl)C(=O)N1CCN(c2ncccn2)CC1. The summed E-state index contributed by atoms with van der Waals surface area (Å²) in [5, 5.41) is 3.09. The number of hydrogen-bond acceptors (Lipinski definition) is 5. The Hall–Kier alpha value is -2.67. The van der Waals surface area contributed by atoms with E-state index in [1.165, 1.54) is 0 Å². The van der Waals surface area contributed by atoms with Crippen LogP contribution in [0.2, 0.25) is 5.02 Å². The Morgan fingerprint density at radius 3 is 2.38 bits per heavy atom. The number of carbonyl (C=O) groups is 2. The van der Waals surface area contributed by atoms with E-state index < -0.39 is 6.04 Å². The highest BCUT2D eigenvalue weighted by Crippen LogP contribution is 2.15. The molecule has 1 fully saturated rings. The third kappa shape index (κ3) is 4.11. The Morgan fingerprint density at radius 1 is 1.08 bits per heavy atom. The van der Waals surface area contributed by atoms with Gasteiger partial charge in [0.2, 0.25) is 11.9 Å². The monoisotopic (exact) mass is 373 g/mol. The number of benzene rings is 1. The zero-order chi connectivity index (χ0) is 18.5. The van der Waals surface area contributed by atoms with E-state index in [1.54, 1.807) is 54.5 Å². The van der Waals surface area contributed by atoms with Crippen molar-refractivity contribution < 1.29 is 9.59 Å². The number of anilines is 1. The molecule has 1 aliphatic rings. The van der Waals surface area contributed by atoms with Gasteiger partial charge in [-0.25, -0.2) is 9.97 Å². The lowest BCUT2D eigenvalue weighted by Crippen LogP contribution is -2.54. The molecule has 2 amide bonds. The number of hydrogen-bond donors (Lipinski definition) is 1. The molecule has 136 valence electrons. The normalized spacial score (nSPS) is 15.5. The van der Waals surface area contributed by atoms with Gasteiger partial charge in [0.1, 0.15) is 6.04 Å². The van der Waals surface area contributed by atoms with Gasteiger partial charge in [0.25, 0.3) is 5.91 Å². The molecule has 0 saturated carbocycles. The zero-order valence-corrected chi connectivity index (χ0v) is 15.2. The van der Waals surface area contributed by atoms with Crippen molar-refractivity contribution in [2.45, 2.75) is 13.0 Å². The van der Waals surface area contributed by atoms with Gasteiger partial charge in [0.15, 0.2) is 0 Å². The molecule has 1 aromatic carbocycles. The van der Waals surface area contributed by atoms with Crippen LogP contribution in [0.1, 0.15) is 17.3 Å². The number of carbonyl (C=O) groups excluding carboxylic acids is 2. The Balaban J connectivity index is 1.55. The van der Waals surface area contributed by atoms with Crippen LogP contribution in [-0.2, 0) is 4.79 Å². The number of rotatable bonds is 4. The lowest BCUT2D eigenvalue weighted by molar-refractivity contribution is -0.133. The summed E-state index contributed by atoms with van der Waals surface area (Å²) in [5.41, 5.74) is 0.361. The third-order valence-corrected chi connectivity index (χ3v) is 4.59. The van der Waals surface area contributed by atoms with Gasteiger partial charge >= 0.3 is 0 Å². The highest BCUT2D eigenvalue weighted by atomic mass is 35.5. The minimum Gasteiger partial charge on any atom is -0.340 e. The van der Waals surface area contributed by atoms with E-state index in [2.05, 4.69) is 15.3 Å². The van der Waals surface area contributed by atoms with Crippen LogP contribution in [0.25, 0.3) is 0 Å². The molecule has 2 heterocycles. The van der Waals surface area contributed by atoms with Gasteiger partial charge in [-0.15, -0.1) is 0 Å². The summed E-state index contributed by atoms with van der Waals surface area (Å²) in [6, 6.07) is 7.91. The Morgan fingerprint density at radius 2 is 1.73 bits per heavy atom. The van der Waals surface area contributed by atoms with Crippen LogP contribution in [0.3, 0.4) is 0 Å². The molecule has 0 unspecified atom stereocenters. The molecule has 7 nitrogen and oxygen atoms in total. The first-order valence-electron chi connectivity index (χ1n) is 8.42. The zero-order valence-electron chi connectivity index (χ0n) is 14.4. The van der Waals surface area contributed by atoms with Crippen molar-refractivity contribution >= 4 is 29.4 Å². The summed E-state index contributed by atoms with van der Waals surface area (Å²) in [7, 11) is 0. The van der Waals surface area contributed by atoms with Crippen molar-refractivity contribution in [3.05, 3.63) is 53.3 Å². The minimum absolute atomic E-state index is 0.112. The molecule has 1 atom stereocenters. The first-order chi connectivity index (χ1) is 12.6. The van der Waals surface area contributed by atoms with Crippen molar-refractivity contribution in [3.63, 3.8) is 0 Å². The van der Waals surface area contributed by atoms with Gasteiger partial charge in [-0.3, -0.25) is 9.59 Å². The average Bonchev–Trinajstić information content (AvgIpc) is 2.68. The van der Waals surface area contributed by atoms with Crippen molar-refractivity contribution in [1.82, 2.24) is 20.2 Å². The molecule has 8 heteroatoms. The predicted octanol–water partition coefficient (Wildman–Crippen LogP) is 1.60. The van der Waals surface area contributed by atoms with Gasteiger partial charge in [0, 0.05) is 38.6 Å². The van der Waals surface area contributed by atoms with Gasteiger partial charge in [0.05, 0.1) is 10.6 Å². The molecule has 0 radical (unpaired) electrons. The standard InChI is InChI=1S/C18H20ClN5O2/c1-13(22-16(25)14-5-2-3-6-15(14)19)17(26)23-9-11-24(12-10-23)18-20-7-4-8-21-18/h2-8,13H,9-12H2,1H3,(H,22,25)/t13-/m1/s1. The Bertz CT molecular complexity index is 778. The van der Waals surface area contributed by atoms with Crippen LogP contribution >= 0.6 is 11.6 Å². The Kier molecular flexibility index (Phi) is 5.68. The van der Waals surface area contributed by atoms with Crippen molar-refractivity contribution in [2.75, 3.05) is 31.1 Å². The summed E-state index contributed by atoms with van der Waals surface area (Å²) in [6.45, 7) is 4.11. The van der Waals surface area contributed by atoms with Gasteiger partial charge in [-0.1, -0.05) is 23.7 Å². The summed E-state index contributed by atoms with van der Waals surface area (Å²) in [5.74, 6) is 0.200. The minimum atomic E-state index is -0.627. The fraction of sp³-hybridized carbons (Fsp3) is 0.333. The number of aromatic nitrogens is 2. The topological polar surface area (TPSA) is 78.4 Å². The van der Waals surface area contributed by atoms with Crippen LogP contribution in [0.15, 0.2) is 42.7 Å². The molecule has 1 saturated heterocycles. The highest BCUT2D eigenvalue weighted by Gasteiger charge is 2.27. The fourth-order valence-electron chi connectivity index (χ4n) is 2.84. The van der Waals surface area contributed by atoms with Crippen LogP contribution in [-0.4, -0.2) is 58.9 Å². The number of nitrogens with zero attached hydrogens (tertiary/aromatic N) is 4. The van der Waals surface area contributed by atoms with Crippen LogP contribution in [0.5, 0.6) is 0 Å². The van der Waals surface area contributed by atoms with E-state index in [0.29, 0.717) is 42.7 Å².